The summed E-state index contributed by atoms with van der Waals surface area (Å²) in [6.45, 7) is 2.71. The van der Waals surface area contributed by atoms with E-state index in [-0.39, 0.29) is 23.1 Å². The van der Waals surface area contributed by atoms with E-state index in [1.54, 1.807) is 0 Å². The van der Waals surface area contributed by atoms with E-state index in [9.17, 15) is 14.3 Å². The molecule has 1 aromatic carbocycles. The van der Waals surface area contributed by atoms with Crippen molar-refractivity contribution >= 4 is 5.97 Å². The summed E-state index contributed by atoms with van der Waals surface area (Å²) in [5, 5.41) is 16.9. The first-order valence-electron chi connectivity index (χ1n) is 8.28. The Hall–Kier alpha value is -2.21. The van der Waals surface area contributed by atoms with Gasteiger partial charge in [-0.25, -0.2) is 9.18 Å². The number of carbonyl (C=O) groups is 1. The lowest BCUT2D eigenvalue weighted by molar-refractivity contribution is 0.0694. The van der Waals surface area contributed by atoms with Crippen LogP contribution in [0.15, 0.2) is 28.8 Å². The van der Waals surface area contributed by atoms with Gasteiger partial charge in [0.05, 0.1) is 6.04 Å². The summed E-state index contributed by atoms with van der Waals surface area (Å²) in [7, 11) is 0. The van der Waals surface area contributed by atoms with Crippen LogP contribution in [0.25, 0.3) is 11.3 Å². The molecular weight excluding hydrogens is 311 g/mol. The molecule has 24 heavy (non-hydrogen) atoms. The van der Waals surface area contributed by atoms with Gasteiger partial charge in [-0.05, 0) is 56.5 Å². The maximum absolute atomic E-state index is 13.1. The third-order valence-corrected chi connectivity index (χ3v) is 4.63. The van der Waals surface area contributed by atoms with Crippen molar-refractivity contribution in [3.05, 3.63) is 41.4 Å². The molecule has 0 unspecified atom stereocenters. The van der Waals surface area contributed by atoms with Crippen LogP contribution in [0.4, 0.5) is 4.39 Å². The Morgan fingerprint density at radius 2 is 2.04 bits per heavy atom. The SMILES string of the molecule is C[C@@H](NCC1CCCC1)c1onc(-c2ccc(F)cc2)c1C(=O)O. The van der Waals surface area contributed by atoms with Gasteiger partial charge in [-0.3, -0.25) is 0 Å². The van der Waals surface area contributed by atoms with Crippen molar-refractivity contribution in [3.63, 3.8) is 0 Å². The van der Waals surface area contributed by atoms with Gasteiger partial charge in [0.1, 0.15) is 17.1 Å². The van der Waals surface area contributed by atoms with E-state index in [4.69, 9.17) is 4.52 Å². The molecule has 6 heteroatoms. The van der Waals surface area contributed by atoms with Gasteiger partial charge in [0, 0.05) is 5.56 Å². The van der Waals surface area contributed by atoms with Gasteiger partial charge in [0.15, 0.2) is 5.76 Å². The summed E-state index contributed by atoms with van der Waals surface area (Å²) in [5.41, 5.74) is 0.784. The lowest BCUT2D eigenvalue weighted by atomic mass is 10.0. The molecule has 0 radical (unpaired) electrons. The van der Waals surface area contributed by atoms with Gasteiger partial charge in [-0.2, -0.15) is 0 Å². The summed E-state index contributed by atoms with van der Waals surface area (Å²) >= 11 is 0. The second kappa shape index (κ2) is 7.13. The maximum atomic E-state index is 13.1. The number of hydrogen-bond donors (Lipinski definition) is 2. The van der Waals surface area contributed by atoms with Crippen molar-refractivity contribution in [2.75, 3.05) is 6.54 Å². The quantitative estimate of drug-likeness (QED) is 0.835. The van der Waals surface area contributed by atoms with Gasteiger partial charge >= 0.3 is 5.97 Å². The molecule has 0 bridgehead atoms. The maximum Gasteiger partial charge on any atom is 0.341 e. The first-order valence-corrected chi connectivity index (χ1v) is 8.28. The Morgan fingerprint density at radius 3 is 2.67 bits per heavy atom. The van der Waals surface area contributed by atoms with E-state index in [1.807, 2.05) is 6.92 Å². The van der Waals surface area contributed by atoms with Crippen molar-refractivity contribution in [2.45, 2.75) is 38.6 Å². The van der Waals surface area contributed by atoms with Crippen LogP contribution in [0.1, 0.15) is 54.8 Å². The minimum atomic E-state index is -1.10. The number of nitrogens with one attached hydrogen (secondary N) is 1. The zero-order valence-electron chi connectivity index (χ0n) is 13.6. The largest absolute Gasteiger partial charge is 0.477 e. The van der Waals surface area contributed by atoms with Gasteiger partial charge in [0.2, 0.25) is 0 Å². The molecule has 1 aliphatic carbocycles. The molecule has 0 saturated heterocycles. The fourth-order valence-corrected chi connectivity index (χ4v) is 3.26. The molecule has 0 spiro atoms. The standard InChI is InChI=1S/C18H21FN2O3/c1-11(20-10-12-4-2-3-5-12)17-15(18(22)23)16(21-24-17)13-6-8-14(19)9-7-13/h6-9,11-12,20H,2-5,10H2,1H3,(H,22,23)/t11-/m1/s1. The minimum Gasteiger partial charge on any atom is -0.477 e. The van der Waals surface area contributed by atoms with Crippen molar-refractivity contribution < 1.29 is 18.8 Å². The Kier molecular flexibility index (Phi) is 4.94. The van der Waals surface area contributed by atoms with E-state index in [2.05, 4.69) is 10.5 Å². The van der Waals surface area contributed by atoms with E-state index in [1.165, 1.54) is 49.9 Å². The molecule has 5 nitrogen and oxygen atoms in total. The topological polar surface area (TPSA) is 75.4 Å². The first kappa shape index (κ1) is 16.6. The molecule has 128 valence electrons. The summed E-state index contributed by atoms with van der Waals surface area (Å²) in [4.78, 5) is 11.7. The molecule has 0 aliphatic heterocycles. The van der Waals surface area contributed by atoms with Crippen LogP contribution in [0, 0.1) is 11.7 Å². The highest BCUT2D eigenvalue weighted by atomic mass is 19.1. The van der Waals surface area contributed by atoms with Gasteiger partial charge < -0.3 is 14.9 Å². The number of halogens is 1. The Balaban J connectivity index is 1.82. The number of aromatic nitrogens is 1. The number of rotatable bonds is 6. The van der Waals surface area contributed by atoms with E-state index >= 15 is 0 Å². The highest BCUT2D eigenvalue weighted by Gasteiger charge is 2.27. The highest BCUT2D eigenvalue weighted by molar-refractivity contribution is 5.95. The smallest absolute Gasteiger partial charge is 0.341 e. The first-order chi connectivity index (χ1) is 11.6. The number of aromatic carboxylic acids is 1. The number of benzene rings is 1. The average molecular weight is 332 g/mol. The molecule has 3 rings (SSSR count). The van der Waals surface area contributed by atoms with Crippen LogP contribution in [0.5, 0.6) is 0 Å². The average Bonchev–Trinajstić information content (AvgIpc) is 3.22. The molecule has 1 aromatic heterocycles. The normalized spacial score (nSPS) is 16.4. The molecule has 1 atom stereocenters. The summed E-state index contributed by atoms with van der Waals surface area (Å²) < 4.78 is 18.4. The summed E-state index contributed by atoms with van der Waals surface area (Å²) in [6, 6.07) is 5.30. The van der Waals surface area contributed by atoms with Gasteiger partial charge in [-0.1, -0.05) is 18.0 Å². The van der Waals surface area contributed by atoms with Crippen LogP contribution in [-0.2, 0) is 0 Å². The van der Waals surface area contributed by atoms with Crippen molar-refractivity contribution in [1.29, 1.82) is 0 Å². The number of nitrogens with zero attached hydrogens (tertiary/aromatic N) is 1. The van der Waals surface area contributed by atoms with E-state index in [0.717, 1.165) is 6.54 Å². The monoisotopic (exact) mass is 332 g/mol. The third-order valence-electron chi connectivity index (χ3n) is 4.63. The van der Waals surface area contributed by atoms with Crippen LogP contribution in [0.2, 0.25) is 0 Å². The fourth-order valence-electron chi connectivity index (χ4n) is 3.26. The molecule has 1 saturated carbocycles. The number of carboxylic acids is 1. The Bertz CT molecular complexity index is 706. The summed E-state index contributed by atoms with van der Waals surface area (Å²) in [6.07, 6.45) is 4.95. The molecule has 2 aromatic rings. The van der Waals surface area contributed by atoms with Crippen LogP contribution in [0.3, 0.4) is 0 Å². The molecule has 2 N–H and O–H groups in total. The second-order valence-corrected chi connectivity index (χ2v) is 6.36. The second-order valence-electron chi connectivity index (χ2n) is 6.36. The van der Waals surface area contributed by atoms with Crippen molar-refractivity contribution in [1.82, 2.24) is 10.5 Å². The molecular formula is C18H21FN2O3. The molecule has 1 heterocycles. The Labute approximate surface area is 139 Å². The zero-order valence-corrected chi connectivity index (χ0v) is 13.6. The van der Waals surface area contributed by atoms with Crippen molar-refractivity contribution in [3.8, 4) is 11.3 Å². The molecule has 1 fully saturated rings. The summed E-state index contributed by atoms with van der Waals surface area (Å²) in [5.74, 6) is -0.536. The van der Waals surface area contributed by atoms with Crippen LogP contribution >= 0.6 is 0 Å². The minimum absolute atomic E-state index is 0.0352. The fraction of sp³-hybridized carbons (Fsp3) is 0.444. The van der Waals surface area contributed by atoms with E-state index in [0.29, 0.717) is 17.2 Å². The predicted molar refractivity (Wildman–Crippen MR) is 87.2 cm³/mol. The molecule has 0 amide bonds. The van der Waals surface area contributed by atoms with E-state index < -0.39 is 5.97 Å². The highest BCUT2D eigenvalue weighted by Crippen LogP contribution is 2.30. The number of carboxylic acid groups (broad SMARTS) is 1. The van der Waals surface area contributed by atoms with Gasteiger partial charge in [0.25, 0.3) is 0 Å². The lowest BCUT2D eigenvalue weighted by Gasteiger charge is -2.15. The zero-order chi connectivity index (χ0) is 17.1. The number of hydrogen-bond acceptors (Lipinski definition) is 4. The third kappa shape index (κ3) is 3.48. The van der Waals surface area contributed by atoms with Crippen molar-refractivity contribution in [2.24, 2.45) is 5.92 Å². The predicted octanol–water partition coefficient (Wildman–Crippen LogP) is 4.02. The lowest BCUT2D eigenvalue weighted by Crippen LogP contribution is -2.25. The van der Waals surface area contributed by atoms with Crippen LogP contribution in [-0.4, -0.2) is 22.8 Å². The van der Waals surface area contributed by atoms with Gasteiger partial charge in [-0.15, -0.1) is 0 Å². The molecule has 1 aliphatic rings. The van der Waals surface area contributed by atoms with Crippen LogP contribution < -0.4 is 5.32 Å². The Morgan fingerprint density at radius 1 is 1.38 bits per heavy atom.